The van der Waals surface area contributed by atoms with Crippen LogP contribution in [0.1, 0.15) is 102 Å². The van der Waals surface area contributed by atoms with Crippen LogP contribution in [0.15, 0.2) is 24.4 Å². The van der Waals surface area contributed by atoms with Crippen LogP contribution in [-0.2, 0) is 22.1 Å². The molecule has 9 heteroatoms. The Bertz CT molecular complexity index is 1220. The first-order chi connectivity index (χ1) is 18.3. The van der Waals surface area contributed by atoms with Crippen molar-refractivity contribution >= 4 is 5.57 Å². The van der Waals surface area contributed by atoms with Gasteiger partial charge in [0.05, 0.1) is 36.3 Å². The summed E-state index contributed by atoms with van der Waals surface area (Å²) >= 11 is 0. The molecule has 0 aromatic carbocycles. The van der Waals surface area contributed by atoms with Crippen LogP contribution in [0.5, 0.6) is 0 Å². The summed E-state index contributed by atoms with van der Waals surface area (Å²) < 4.78 is 50.8. The van der Waals surface area contributed by atoms with E-state index in [1.807, 2.05) is 6.08 Å². The van der Waals surface area contributed by atoms with E-state index in [2.05, 4.69) is 4.98 Å². The number of nitrogens with zero attached hydrogens (tertiary/aromatic N) is 2. The van der Waals surface area contributed by atoms with Gasteiger partial charge in [0.2, 0.25) is 0 Å². The maximum atomic E-state index is 13.2. The standard InChI is InChI=1S/C29H33F3N2O4/c30-29(31,32)19-2-3-20(33-16-19)27(36)25-23(17-4-10-37-11-5-17)24-21(14-28(8-1-9-28)15-22(24)35)34-26(25)18-6-12-38-13-7-18/h2-4,16,18,22,27,35-36H,1,5-15H2. The second-order valence-corrected chi connectivity index (χ2v) is 11.2. The molecule has 2 aromatic heterocycles. The fourth-order valence-corrected chi connectivity index (χ4v) is 6.72. The fourth-order valence-electron chi connectivity index (χ4n) is 6.72. The van der Waals surface area contributed by atoms with Crippen molar-refractivity contribution in [3.05, 3.63) is 63.7 Å². The number of hydrogen-bond donors (Lipinski definition) is 2. The highest BCUT2D eigenvalue weighted by Gasteiger charge is 2.46. The van der Waals surface area contributed by atoms with E-state index in [0.717, 1.165) is 78.9 Å². The summed E-state index contributed by atoms with van der Waals surface area (Å²) in [6, 6.07) is 2.19. The summed E-state index contributed by atoms with van der Waals surface area (Å²) in [5.41, 5.74) is 4.06. The van der Waals surface area contributed by atoms with Gasteiger partial charge in [-0.05, 0) is 73.6 Å². The van der Waals surface area contributed by atoms with Gasteiger partial charge in [-0.15, -0.1) is 0 Å². The van der Waals surface area contributed by atoms with E-state index in [0.29, 0.717) is 44.8 Å². The highest BCUT2D eigenvalue weighted by Crippen LogP contribution is 2.55. The molecule has 38 heavy (non-hydrogen) atoms. The van der Waals surface area contributed by atoms with E-state index in [1.54, 1.807) is 0 Å². The lowest BCUT2D eigenvalue weighted by atomic mass is 9.59. The van der Waals surface area contributed by atoms with E-state index < -0.39 is 23.9 Å². The monoisotopic (exact) mass is 530 g/mol. The lowest BCUT2D eigenvalue weighted by Crippen LogP contribution is -2.39. The van der Waals surface area contributed by atoms with Gasteiger partial charge in [-0.25, -0.2) is 0 Å². The van der Waals surface area contributed by atoms with Gasteiger partial charge in [-0.2, -0.15) is 13.2 Å². The number of halogens is 3. The molecule has 4 aliphatic rings. The van der Waals surface area contributed by atoms with Gasteiger partial charge in [0.15, 0.2) is 0 Å². The molecule has 4 heterocycles. The number of pyridine rings is 2. The molecule has 0 radical (unpaired) electrons. The maximum absolute atomic E-state index is 13.2. The third-order valence-electron chi connectivity index (χ3n) is 8.86. The van der Waals surface area contributed by atoms with Crippen molar-refractivity contribution < 1.29 is 32.9 Å². The fraction of sp³-hybridized carbons (Fsp3) is 0.586. The highest BCUT2D eigenvalue weighted by molar-refractivity contribution is 5.74. The zero-order valence-corrected chi connectivity index (χ0v) is 21.3. The summed E-state index contributed by atoms with van der Waals surface area (Å²) in [7, 11) is 0. The molecule has 6 rings (SSSR count). The minimum absolute atomic E-state index is 0.0312. The molecule has 1 saturated heterocycles. The number of hydrogen-bond acceptors (Lipinski definition) is 6. The Morgan fingerprint density at radius 2 is 1.87 bits per heavy atom. The molecule has 0 bridgehead atoms. The minimum atomic E-state index is -4.52. The quantitative estimate of drug-likeness (QED) is 0.549. The Morgan fingerprint density at radius 1 is 1.08 bits per heavy atom. The third-order valence-corrected chi connectivity index (χ3v) is 8.86. The number of ether oxygens (including phenoxy) is 2. The van der Waals surface area contributed by atoms with Crippen LogP contribution in [0.4, 0.5) is 13.2 Å². The molecule has 2 aliphatic carbocycles. The molecular formula is C29H33F3N2O4. The highest BCUT2D eigenvalue weighted by atomic mass is 19.4. The lowest BCUT2D eigenvalue weighted by molar-refractivity contribution is -0.137. The molecule has 6 nitrogen and oxygen atoms in total. The van der Waals surface area contributed by atoms with E-state index in [1.165, 1.54) is 6.07 Å². The van der Waals surface area contributed by atoms with Crippen LogP contribution >= 0.6 is 0 Å². The van der Waals surface area contributed by atoms with Gasteiger partial charge in [0.25, 0.3) is 0 Å². The van der Waals surface area contributed by atoms with Gasteiger partial charge in [0.1, 0.15) is 6.10 Å². The SMILES string of the molecule is OC1CC2(CCC2)Cc2nc(C3CCOCC3)c(C(O)c3ccc(C(F)(F)F)cn3)c(C3=CCOCC3)c21. The predicted molar refractivity (Wildman–Crippen MR) is 133 cm³/mol. The molecule has 0 amide bonds. The summed E-state index contributed by atoms with van der Waals surface area (Å²) in [5, 5.41) is 23.3. The number of alkyl halides is 3. The van der Waals surface area contributed by atoms with E-state index >= 15 is 0 Å². The Kier molecular flexibility index (Phi) is 6.83. The van der Waals surface area contributed by atoms with Gasteiger partial charge in [-0.1, -0.05) is 12.5 Å². The molecule has 2 fully saturated rings. The van der Waals surface area contributed by atoms with E-state index in [-0.39, 0.29) is 17.0 Å². The van der Waals surface area contributed by atoms with Crippen molar-refractivity contribution in [1.29, 1.82) is 0 Å². The molecule has 2 atom stereocenters. The third kappa shape index (κ3) is 4.68. The van der Waals surface area contributed by atoms with Crippen molar-refractivity contribution in [1.82, 2.24) is 9.97 Å². The van der Waals surface area contributed by atoms with Crippen LogP contribution in [-0.4, -0.2) is 46.6 Å². The molecule has 2 aliphatic heterocycles. The number of aliphatic hydroxyl groups excluding tert-OH is 2. The average molecular weight is 531 g/mol. The predicted octanol–water partition coefficient (Wildman–Crippen LogP) is 5.42. The van der Waals surface area contributed by atoms with Crippen LogP contribution in [0.2, 0.25) is 0 Å². The Labute approximate surface area is 219 Å². The largest absolute Gasteiger partial charge is 0.417 e. The summed E-state index contributed by atoms with van der Waals surface area (Å²) in [4.78, 5) is 9.22. The lowest BCUT2D eigenvalue weighted by Gasteiger charge is -2.48. The normalized spacial score (nSPS) is 24.4. The Hall–Kier alpha value is -2.33. The van der Waals surface area contributed by atoms with Crippen molar-refractivity contribution in [2.45, 2.75) is 75.7 Å². The van der Waals surface area contributed by atoms with Crippen molar-refractivity contribution in [3.8, 4) is 0 Å². The molecule has 2 aromatic rings. The number of aliphatic hydroxyl groups is 2. The summed E-state index contributed by atoms with van der Waals surface area (Å²) in [6.07, 6.45) is 3.06. The molecular weight excluding hydrogens is 497 g/mol. The summed E-state index contributed by atoms with van der Waals surface area (Å²) in [6.45, 7) is 2.10. The second-order valence-electron chi connectivity index (χ2n) is 11.2. The van der Waals surface area contributed by atoms with Crippen LogP contribution in [0.3, 0.4) is 0 Å². The number of fused-ring (bicyclic) bond motifs is 1. The zero-order valence-electron chi connectivity index (χ0n) is 21.3. The van der Waals surface area contributed by atoms with Gasteiger partial charge >= 0.3 is 6.18 Å². The number of rotatable bonds is 4. The van der Waals surface area contributed by atoms with Gasteiger partial charge < -0.3 is 19.7 Å². The Balaban J connectivity index is 1.55. The topological polar surface area (TPSA) is 84.7 Å². The van der Waals surface area contributed by atoms with E-state index in [4.69, 9.17) is 14.5 Å². The van der Waals surface area contributed by atoms with Gasteiger partial charge in [-0.3, -0.25) is 9.97 Å². The number of aromatic nitrogens is 2. The van der Waals surface area contributed by atoms with E-state index in [9.17, 15) is 23.4 Å². The molecule has 1 saturated carbocycles. The molecule has 2 N–H and O–H groups in total. The van der Waals surface area contributed by atoms with Crippen LogP contribution < -0.4 is 0 Å². The zero-order chi connectivity index (χ0) is 26.5. The average Bonchev–Trinajstić information content (AvgIpc) is 2.91. The van der Waals surface area contributed by atoms with Crippen molar-refractivity contribution in [2.24, 2.45) is 5.41 Å². The van der Waals surface area contributed by atoms with Crippen molar-refractivity contribution in [2.75, 3.05) is 26.4 Å². The van der Waals surface area contributed by atoms with Gasteiger partial charge in [0, 0.05) is 42.1 Å². The summed E-state index contributed by atoms with van der Waals surface area (Å²) in [5.74, 6) is 0.0312. The maximum Gasteiger partial charge on any atom is 0.417 e. The molecule has 2 unspecified atom stereocenters. The molecule has 204 valence electrons. The van der Waals surface area contributed by atoms with Crippen LogP contribution in [0.25, 0.3) is 5.57 Å². The Morgan fingerprint density at radius 3 is 2.47 bits per heavy atom. The van der Waals surface area contributed by atoms with Crippen molar-refractivity contribution in [3.63, 3.8) is 0 Å². The smallest absolute Gasteiger partial charge is 0.388 e. The first-order valence-corrected chi connectivity index (χ1v) is 13.6. The minimum Gasteiger partial charge on any atom is -0.388 e. The first kappa shape index (κ1) is 25.9. The molecule has 1 spiro atoms. The van der Waals surface area contributed by atoms with Crippen LogP contribution in [0, 0.1) is 5.41 Å². The second kappa shape index (κ2) is 10.0. The first-order valence-electron chi connectivity index (χ1n) is 13.6.